The summed E-state index contributed by atoms with van der Waals surface area (Å²) in [4.78, 5) is 25.8. The van der Waals surface area contributed by atoms with Crippen molar-refractivity contribution >= 4 is 28.5 Å². The smallest absolute Gasteiger partial charge is 0.278 e. The number of alkyl halides is 2. The van der Waals surface area contributed by atoms with Gasteiger partial charge in [0.1, 0.15) is 5.78 Å². The number of ether oxygens (including phenoxy) is 1. The Balaban J connectivity index is 1.15. The lowest BCUT2D eigenvalue weighted by Gasteiger charge is -2.31. The fourth-order valence-electron chi connectivity index (χ4n) is 4.84. The number of Topliss-reactive ketones (excluding diaryl/α,β-unsaturated/α-hetero) is 1. The first-order valence-electron chi connectivity index (χ1n) is 11.9. The Morgan fingerprint density at radius 3 is 2.70 bits per heavy atom. The molecule has 0 radical (unpaired) electrons. The van der Waals surface area contributed by atoms with Crippen LogP contribution < -0.4 is 4.74 Å². The van der Waals surface area contributed by atoms with Crippen molar-refractivity contribution < 1.29 is 18.3 Å². The summed E-state index contributed by atoms with van der Waals surface area (Å²) in [7, 11) is 0. The number of carbonyl (C=O) groups is 1. The molecule has 1 aliphatic carbocycles. The molecule has 33 heavy (non-hydrogen) atoms. The van der Waals surface area contributed by atoms with Crippen LogP contribution in [0.3, 0.4) is 0 Å². The van der Waals surface area contributed by atoms with E-state index in [0.29, 0.717) is 29.7 Å². The highest BCUT2D eigenvalue weighted by molar-refractivity contribution is 7.13. The van der Waals surface area contributed by atoms with Gasteiger partial charge in [-0.2, -0.15) is 0 Å². The van der Waals surface area contributed by atoms with E-state index in [0.717, 1.165) is 67.3 Å². The molecule has 1 aliphatic heterocycles. The van der Waals surface area contributed by atoms with Gasteiger partial charge in [-0.3, -0.25) is 9.69 Å². The molecule has 0 bridgehead atoms. The molecule has 182 valence electrons. The number of ketones is 1. The zero-order chi connectivity index (χ0) is 23.4. The van der Waals surface area contributed by atoms with Gasteiger partial charge in [0.25, 0.3) is 11.1 Å². The first-order valence-corrected chi connectivity index (χ1v) is 13.5. The SMILES string of the molecule is Cc1ncc(CC(=O)CC2CCC(CCN3CCc4sc(OCC(C)(F)F)nc4C3)CC2)s1. The second-order valence-corrected chi connectivity index (χ2v) is 12.0. The molecule has 5 nitrogen and oxygen atoms in total. The fourth-order valence-corrected chi connectivity index (χ4v) is 6.56. The summed E-state index contributed by atoms with van der Waals surface area (Å²) >= 11 is 3.03. The molecule has 0 spiro atoms. The Morgan fingerprint density at radius 2 is 2.00 bits per heavy atom. The van der Waals surface area contributed by atoms with Crippen LogP contribution in [0.5, 0.6) is 5.19 Å². The number of thiazole rings is 2. The molecule has 1 fully saturated rings. The van der Waals surface area contributed by atoms with E-state index in [4.69, 9.17) is 4.74 Å². The van der Waals surface area contributed by atoms with Crippen LogP contribution in [0.2, 0.25) is 0 Å². The zero-order valence-electron chi connectivity index (χ0n) is 19.4. The van der Waals surface area contributed by atoms with Crippen molar-refractivity contribution in [3.05, 3.63) is 26.7 Å². The Morgan fingerprint density at radius 1 is 1.24 bits per heavy atom. The standard InChI is InChI=1S/C24H33F2N3O2S2/c1-16-27-13-20(32-16)12-19(30)11-18-5-3-17(4-6-18)7-9-29-10-8-22-21(14-29)28-23(33-22)31-15-24(2,25)26/h13,17-18H,3-12,14-15H2,1-2H3. The maximum absolute atomic E-state index is 13.0. The number of hydrogen-bond donors (Lipinski definition) is 0. The van der Waals surface area contributed by atoms with Gasteiger partial charge in [0, 0.05) is 48.8 Å². The topological polar surface area (TPSA) is 55.3 Å². The van der Waals surface area contributed by atoms with Crippen molar-refractivity contribution in [3.8, 4) is 5.19 Å². The van der Waals surface area contributed by atoms with Gasteiger partial charge in [0.2, 0.25) is 0 Å². The first kappa shape index (κ1) is 24.7. The predicted octanol–water partition coefficient (Wildman–Crippen LogP) is 5.70. The summed E-state index contributed by atoms with van der Waals surface area (Å²) in [5, 5.41) is 1.38. The highest BCUT2D eigenvalue weighted by Gasteiger charge is 2.27. The molecule has 4 rings (SSSR count). The molecule has 0 N–H and O–H groups in total. The van der Waals surface area contributed by atoms with Gasteiger partial charge in [0.05, 0.1) is 10.7 Å². The summed E-state index contributed by atoms with van der Waals surface area (Å²) in [5.74, 6) is -1.24. The molecule has 0 aromatic carbocycles. The number of nitrogens with zero attached hydrogens (tertiary/aromatic N) is 3. The summed E-state index contributed by atoms with van der Waals surface area (Å²) in [6, 6.07) is 0. The van der Waals surface area contributed by atoms with E-state index >= 15 is 0 Å². The van der Waals surface area contributed by atoms with Crippen LogP contribution in [0, 0.1) is 18.8 Å². The number of aromatic nitrogens is 2. The summed E-state index contributed by atoms with van der Waals surface area (Å²) in [6.45, 7) is 5.01. The van der Waals surface area contributed by atoms with E-state index in [-0.39, 0.29) is 0 Å². The van der Waals surface area contributed by atoms with Crippen LogP contribution in [-0.4, -0.2) is 46.3 Å². The molecule has 0 saturated heterocycles. The lowest BCUT2D eigenvalue weighted by Crippen LogP contribution is -2.32. The highest BCUT2D eigenvalue weighted by Crippen LogP contribution is 2.34. The Labute approximate surface area is 202 Å². The lowest BCUT2D eigenvalue weighted by atomic mass is 9.78. The highest BCUT2D eigenvalue weighted by atomic mass is 32.1. The first-order chi connectivity index (χ1) is 15.7. The summed E-state index contributed by atoms with van der Waals surface area (Å²) in [6.07, 6.45) is 9.87. The summed E-state index contributed by atoms with van der Waals surface area (Å²) < 4.78 is 31.3. The maximum Gasteiger partial charge on any atom is 0.278 e. The van der Waals surface area contributed by atoms with Gasteiger partial charge in [-0.25, -0.2) is 18.7 Å². The molecular formula is C24H33F2N3O2S2. The van der Waals surface area contributed by atoms with Crippen molar-refractivity contribution in [1.82, 2.24) is 14.9 Å². The van der Waals surface area contributed by atoms with E-state index in [1.54, 1.807) is 11.3 Å². The monoisotopic (exact) mass is 497 g/mol. The van der Waals surface area contributed by atoms with Gasteiger partial charge >= 0.3 is 0 Å². The van der Waals surface area contributed by atoms with Crippen LogP contribution in [0.1, 0.15) is 65.9 Å². The van der Waals surface area contributed by atoms with Crippen LogP contribution in [0.15, 0.2) is 6.20 Å². The van der Waals surface area contributed by atoms with Crippen molar-refractivity contribution in [2.24, 2.45) is 11.8 Å². The molecule has 2 aliphatic rings. The largest absolute Gasteiger partial charge is 0.464 e. The average molecular weight is 498 g/mol. The number of aryl methyl sites for hydroxylation is 1. The molecule has 9 heteroatoms. The average Bonchev–Trinajstić information content (AvgIpc) is 3.36. The minimum absolute atomic E-state index is 0.348. The van der Waals surface area contributed by atoms with Crippen LogP contribution in [0.25, 0.3) is 0 Å². The molecular weight excluding hydrogens is 464 g/mol. The third-order valence-electron chi connectivity index (χ3n) is 6.61. The molecule has 1 saturated carbocycles. The van der Waals surface area contributed by atoms with Crippen LogP contribution in [-0.2, 0) is 24.2 Å². The molecule has 0 amide bonds. The Kier molecular flexibility index (Phi) is 8.12. The number of halogens is 2. The van der Waals surface area contributed by atoms with Crippen molar-refractivity contribution in [3.63, 3.8) is 0 Å². The molecule has 2 aromatic heterocycles. The van der Waals surface area contributed by atoms with Crippen LogP contribution >= 0.6 is 22.7 Å². The lowest BCUT2D eigenvalue weighted by molar-refractivity contribution is -0.119. The van der Waals surface area contributed by atoms with Crippen molar-refractivity contribution in [2.45, 2.75) is 77.7 Å². The van der Waals surface area contributed by atoms with E-state index < -0.39 is 12.5 Å². The molecule has 3 heterocycles. The summed E-state index contributed by atoms with van der Waals surface area (Å²) in [5.41, 5.74) is 0.985. The zero-order valence-corrected chi connectivity index (χ0v) is 21.1. The maximum atomic E-state index is 13.0. The number of hydrogen-bond acceptors (Lipinski definition) is 7. The van der Waals surface area contributed by atoms with E-state index in [1.165, 1.54) is 35.5 Å². The molecule has 0 unspecified atom stereocenters. The van der Waals surface area contributed by atoms with Crippen molar-refractivity contribution in [1.29, 1.82) is 0 Å². The Bertz CT molecular complexity index is 933. The third-order valence-corrected chi connectivity index (χ3v) is 8.60. The van der Waals surface area contributed by atoms with Gasteiger partial charge in [-0.15, -0.1) is 11.3 Å². The fraction of sp³-hybridized carbons (Fsp3) is 0.708. The minimum atomic E-state index is -2.84. The number of fused-ring (bicyclic) bond motifs is 1. The minimum Gasteiger partial charge on any atom is -0.464 e. The molecule has 2 aromatic rings. The van der Waals surface area contributed by atoms with E-state index in [2.05, 4.69) is 14.9 Å². The predicted molar refractivity (Wildman–Crippen MR) is 127 cm³/mol. The van der Waals surface area contributed by atoms with Gasteiger partial charge in [0.15, 0.2) is 6.61 Å². The van der Waals surface area contributed by atoms with E-state index in [9.17, 15) is 13.6 Å². The van der Waals surface area contributed by atoms with Crippen LogP contribution in [0.4, 0.5) is 8.78 Å². The van der Waals surface area contributed by atoms with Gasteiger partial charge < -0.3 is 4.74 Å². The second-order valence-electron chi connectivity index (χ2n) is 9.68. The Hall–Kier alpha value is -1.45. The van der Waals surface area contributed by atoms with Gasteiger partial charge in [-0.05, 0) is 51.0 Å². The van der Waals surface area contributed by atoms with Gasteiger partial charge in [-0.1, -0.05) is 24.2 Å². The normalized spacial score (nSPS) is 21.7. The number of carbonyl (C=O) groups excluding carboxylic acids is 1. The molecule has 0 atom stereocenters. The third kappa shape index (κ3) is 7.52. The number of rotatable bonds is 10. The second kappa shape index (κ2) is 10.9. The van der Waals surface area contributed by atoms with Crippen molar-refractivity contribution in [2.75, 3.05) is 19.7 Å². The van der Waals surface area contributed by atoms with E-state index in [1.807, 2.05) is 13.1 Å². The quantitative estimate of drug-likeness (QED) is 0.422.